The van der Waals surface area contributed by atoms with Gasteiger partial charge in [0, 0.05) is 0 Å². The molecule has 0 radical (unpaired) electrons. The van der Waals surface area contributed by atoms with Crippen LogP contribution >= 0.6 is 0 Å². The van der Waals surface area contributed by atoms with Crippen LogP contribution in [-0.4, -0.2) is 38.6 Å². The third-order valence-corrected chi connectivity index (χ3v) is 6.95. The minimum Gasteiger partial charge on any atom is -0.489 e. The van der Waals surface area contributed by atoms with E-state index in [-0.39, 0.29) is 12.2 Å². The second-order valence-electron chi connectivity index (χ2n) is 9.52. The van der Waals surface area contributed by atoms with Crippen LogP contribution in [0.2, 0.25) is 0 Å². The third kappa shape index (κ3) is 4.73. The first-order valence-electron chi connectivity index (χ1n) is 12.5. The van der Waals surface area contributed by atoms with Gasteiger partial charge in [0.15, 0.2) is 0 Å². The van der Waals surface area contributed by atoms with Gasteiger partial charge in [0.2, 0.25) is 0 Å². The van der Waals surface area contributed by atoms with Crippen molar-refractivity contribution in [3.8, 4) is 11.5 Å². The zero-order valence-electron chi connectivity index (χ0n) is 20.5. The highest BCUT2D eigenvalue weighted by atomic mass is 16.6. The van der Waals surface area contributed by atoms with E-state index in [0.29, 0.717) is 36.1 Å². The normalized spacial score (nSPS) is 18.3. The van der Waals surface area contributed by atoms with Gasteiger partial charge in [0.05, 0.1) is 30.0 Å². The molecule has 6 rings (SSSR count). The summed E-state index contributed by atoms with van der Waals surface area (Å²) in [6.07, 6.45) is 0.309. The lowest BCUT2D eigenvalue weighted by Gasteiger charge is -2.37. The van der Waals surface area contributed by atoms with Crippen molar-refractivity contribution in [3.63, 3.8) is 0 Å². The molecule has 2 atom stereocenters. The number of hydrogen-bond acceptors (Lipinski definition) is 6. The predicted octanol–water partition coefficient (Wildman–Crippen LogP) is 4.79. The van der Waals surface area contributed by atoms with E-state index in [1.165, 1.54) is 0 Å². The Balaban J connectivity index is 1.51. The van der Waals surface area contributed by atoms with Crippen LogP contribution in [0.4, 0.5) is 11.4 Å². The number of ether oxygens (including phenoxy) is 4. The van der Waals surface area contributed by atoms with E-state index in [1.807, 2.05) is 36.4 Å². The summed E-state index contributed by atoms with van der Waals surface area (Å²) >= 11 is 0. The lowest BCUT2D eigenvalue weighted by Crippen LogP contribution is -2.31. The molecule has 2 heterocycles. The Morgan fingerprint density at radius 1 is 0.595 bits per heavy atom. The quantitative estimate of drug-likeness (QED) is 0.187. The van der Waals surface area contributed by atoms with Crippen LogP contribution in [0.15, 0.2) is 97.1 Å². The van der Waals surface area contributed by atoms with Crippen LogP contribution in [0.5, 0.6) is 11.5 Å². The largest absolute Gasteiger partial charge is 0.489 e. The standard InChI is InChI=1S/C31H30N2O4/c32-27-15-23(11-13-29(27)36-19-25-17-34-25)31(21-7-3-1-4-8-21,22-9-5-2-6-10-22)24-12-14-30(28(33)16-24)37-20-26-18-35-26/h1-16,25-26H,17-20,32-33H2. The number of epoxide rings is 2. The summed E-state index contributed by atoms with van der Waals surface area (Å²) in [4.78, 5) is 0. The van der Waals surface area contributed by atoms with Crippen LogP contribution in [0.1, 0.15) is 22.3 Å². The van der Waals surface area contributed by atoms with Gasteiger partial charge in [0.1, 0.15) is 36.9 Å². The van der Waals surface area contributed by atoms with E-state index in [0.717, 1.165) is 35.5 Å². The van der Waals surface area contributed by atoms with E-state index < -0.39 is 5.41 Å². The van der Waals surface area contributed by atoms with Gasteiger partial charge in [-0.15, -0.1) is 0 Å². The molecule has 4 N–H and O–H groups in total. The molecule has 0 aliphatic carbocycles. The maximum Gasteiger partial charge on any atom is 0.142 e. The third-order valence-electron chi connectivity index (χ3n) is 6.95. The molecule has 6 heteroatoms. The van der Waals surface area contributed by atoms with E-state index >= 15 is 0 Å². The minimum atomic E-state index is -0.680. The molecular weight excluding hydrogens is 464 g/mol. The van der Waals surface area contributed by atoms with Crippen molar-refractivity contribution in [3.05, 3.63) is 119 Å². The number of anilines is 2. The van der Waals surface area contributed by atoms with Crippen LogP contribution in [0, 0.1) is 0 Å². The number of hydrogen-bond donors (Lipinski definition) is 2. The summed E-state index contributed by atoms with van der Waals surface area (Å²) in [5.41, 5.74) is 17.8. The monoisotopic (exact) mass is 494 g/mol. The van der Waals surface area contributed by atoms with Gasteiger partial charge in [-0.25, -0.2) is 0 Å². The smallest absolute Gasteiger partial charge is 0.142 e. The van der Waals surface area contributed by atoms with Gasteiger partial charge < -0.3 is 30.4 Å². The van der Waals surface area contributed by atoms with Crippen molar-refractivity contribution < 1.29 is 18.9 Å². The van der Waals surface area contributed by atoms with Crippen molar-refractivity contribution in [1.29, 1.82) is 0 Å². The molecule has 2 unspecified atom stereocenters. The van der Waals surface area contributed by atoms with Gasteiger partial charge in [-0.1, -0.05) is 72.8 Å². The topological polar surface area (TPSA) is 95.6 Å². The summed E-state index contributed by atoms with van der Waals surface area (Å²) in [6.45, 7) is 2.46. The second kappa shape index (κ2) is 9.81. The first-order valence-corrected chi connectivity index (χ1v) is 12.5. The molecule has 0 amide bonds. The Morgan fingerprint density at radius 2 is 1.00 bits per heavy atom. The van der Waals surface area contributed by atoms with Gasteiger partial charge in [-0.2, -0.15) is 0 Å². The fourth-order valence-electron chi connectivity index (χ4n) is 4.90. The van der Waals surface area contributed by atoms with Crippen molar-refractivity contribution in [2.75, 3.05) is 37.9 Å². The molecule has 188 valence electrons. The molecule has 4 aromatic rings. The zero-order valence-corrected chi connectivity index (χ0v) is 20.5. The van der Waals surface area contributed by atoms with Crippen molar-refractivity contribution >= 4 is 11.4 Å². The van der Waals surface area contributed by atoms with E-state index in [9.17, 15) is 0 Å². The van der Waals surface area contributed by atoms with Crippen LogP contribution in [0.25, 0.3) is 0 Å². The molecule has 37 heavy (non-hydrogen) atoms. The molecule has 0 spiro atoms. The van der Waals surface area contributed by atoms with Gasteiger partial charge >= 0.3 is 0 Å². The highest BCUT2D eigenvalue weighted by Crippen LogP contribution is 2.47. The number of nitrogens with two attached hydrogens (primary N) is 2. The number of benzene rings is 4. The van der Waals surface area contributed by atoms with E-state index in [1.54, 1.807) is 0 Å². The van der Waals surface area contributed by atoms with Gasteiger partial charge in [-0.05, 0) is 46.5 Å². The van der Waals surface area contributed by atoms with E-state index in [2.05, 4.69) is 60.7 Å². The second-order valence-corrected chi connectivity index (χ2v) is 9.52. The zero-order chi connectivity index (χ0) is 25.2. The maximum absolute atomic E-state index is 6.56. The average molecular weight is 495 g/mol. The first kappa shape index (κ1) is 23.4. The summed E-state index contributed by atoms with van der Waals surface area (Å²) in [5, 5.41) is 0. The maximum atomic E-state index is 6.56. The van der Waals surface area contributed by atoms with Gasteiger partial charge in [0.25, 0.3) is 0 Å². The first-order chi connectivity index (χ1) is 18.1. The fraction of sp³-hybridized carbons (Fsp3) is 0.226. The van der Waals surface area contributed by atoms with E-state index in [4.69, 9.17) is 30.4 Å². The minimum absolute atomic E-state index is 0.155. The molecule has 4 aromatic carbocycles. The summed E-state index contributed by atoms with van der Waals surface area (Å²) in [5.74, 6) is 1.31. The van der Waals surface area contributed by atoms with Crippen LogP contribution in [0.3, 0.4) is 0 Å². The number of nitrogen functional groups attached to an aromatic ring is 2. The number of rotatable bonds is 10. The van der Waals surface area contributed by atoms with Gasteiger partial charge in [-0.3, -0.25) is 0 Å². The Kier molecular flexibility index (Phi) is 6.20. The molecule has 2 fully saturated rings. The van der Waals surface area contributed by atoms with Crippen molar-refractivity contribution in [2.24, 2.45) is 0 Å². The highest BCUT2D eigenvalue weighted by molar-refractivity contribution is 5.67. The fourth-order valence-corrected chi connectivity index (χ4v) is 4.90. The molecule has 0 saturated carbocycles. The molecule has 6 nitrogen and oxygen atoms in total. The Labute approximate surface area is 216 Å². The Bertz CT molecular complexity index is 1260. The molecule has 2 aliphatic rings. The molecule has 0 aromatic heterocycles. The van der Waals surface area contributed by atoms with Crippen LogP contribution in [-0.2, 0) is 14.9 Å². The van der Waals surface area contributed by atoms with Crippen molar-refractivity contribution in [2.45, 2.75) is 17.6 Å². The molecule has 2 aliphatic heterocycles. The summed E-state index contributed by atoms with van der Waals surface area (Å²) in [7, 11) is 0. The van der Waals surface area contributed by atoms with Crippen molar-refractivity contribution in [1.82, 2.24) is 0 Å². The molecule has 2 saturated heterocycles. The molecular formula is C31H30N2O4. The summed E-state index contributed by atoms with van der Waals surface area (Å²) < 4.78 is 22.4. The lowest BCUT2D eigenvalue weighted by molar-refractivity contribution is 0.264. The Hall–Kier alpha value is -4.00. The highest BCUT2D eigenvalue weighted by Gasteiger charge is 2.39. The Morgan fingerprint density at radius 3 is 1.35 bits per heavy atom. The summed E-state index contributed by atoms with van der Waals surface area (Å²) in [6, 6.07) is 32.9. The molecule has 0 bridgehead atoms. The predicted molar refractivity (Wildman–Crippen MR) is 144 cm³/mol. The average Bonchev–Trinajstić information content (AvgIpc) is 3.85. The lowest BCUT2D eigenvalue weighted by atomic mass is 9.65. The SMILES string of the molecule is Nc1cc(C(c2ccccc2)(c2ccccc2)c2ccc(OCC3CO3)c(N)c2)ccc1OCC1CO1. The van der Waals surface area contributed by atoms with Crippen LogP contribution < -0.4 is 20.9 Å².